The zero-order valence-corrected chi connectivity index (χ0v) is 30.9. The van der Waals surface area contributed by atoms with Crippen molar-refractivity contribution in [2.75, 3.05) is 0 Å². The fourth-order valence-corrected chi connectivity index (χ4v) is 9.01. The summed E-state index contributed by atoms with van der Waals surface area (Å²) in [4.78, 5) is 19.6. The second kappa shape index (κ2) is 12.1. The average Bonchev–Trinajstić information content (AvgIpc) is 3.93. The van der Waals surface area contributed by atoms with Crippen LogP contribution in [0.1, 0.15) is 25.0 Å². The Morgan fingerprint density at radius 3 is 1.85 bits per heavy atom. The van der Waals surface area contributed by atoms with E-state index in [1.807, 2.05) is 72.2 Å². The van der Waals surface area contributed by atoms with E-state index in [0.717, 1.165) is 66.4 Å². The van der Waals surface area contributed by atoms with Crippen LogP contribution in [0.25, 0.3) is 99.7 Å². The summed E-state index contributed by atoms with van der Waals surface area (Å²) in [6.07, 6.45) is 0. The minimum Gasteiger partial charge on any atom is -0.455 e. The van der Waals surface area contributed by atoms with E-state index in [0.29, 0.717) is 17.5 Å². The summed E-state index contributed by atoms with van der Waals surface area (Å²) in [5.41, 5.74) is 17.0. The second-order valence-electron chi connectivity index (χ2n) is 14.7. The van der Waals surface area contributed by atoms with Crippen molar-refractivity contribution in [3.05, 3.63) is 168 Å². The molecule has 55 heavy (non-hydrogen) atoms. The van der Waals surface area contributed by atoms with E-state index in [1.165, 1.54) is 27.0 Å². The van der Waals surface area contributed by atoms with Crippen LogP contribution in [-0.4, -0.2) is 19.9 Å². The summed E-state index contributed by atoms with van der Waals surface area (Å²) in [5, 5.41) is 2.17. The van der Waals surface area contributed by atoms with E-state index < -0.39 is 0 Å². The Morgan fingerprint density at radius 2 is 1.09 bits per heavy atom. The predicted molar refractivity (Wildman–Crippen MR) is 225 cm³/mol. The molecule has 3 aromatic heterocycles. The van der Waals surface area contributed by atoms with Gasteiger partial charge in [0, 0.05) is 38.4 Å². The van der Waals surface area contributed by atoms with Crippen molar-refractivity contribution in [1.29, 1.82) is 0 Å². The number of benzene rings is 7. The Morgan fingerprint density at radius 1 is 0.491 bits per heavy atom. The lowest BCUT2D eigenvalue weighted by atomic mass is 9.81. The molecule has 0 fully saturated rings. The molecular weight excluding hydrogens is 693 g/mol. The van der Waals surface area contributed by atoms with Crippen molar-refractivity contribution in [1.82, 2.24) is 19.9 Å². The summed E-state index contributed by atoms with van der Waals surface area (Å²) in [7, 11) is 0. The van der Waals surface area contributed by atoms with Gasteiger partial charge in [-0.2, -0.15) is 0 Å². The van der Waals surface area contributed by atoms with Crippen LogP contribution in [0, 0.1) is 0 Å². The highest BCUT2D eigenvalue weighted by Crippen LogP contribution is 2.52. The molecular formula is C49H32N4OS. The first-order chi connectivity index (χ1) is 27.0. The summed E-state index contributed by atoms with van der Waals surface area (Å²) in [5.74, 6) is 1.90. The molecule has 0 unspecified atom stereocenters. The van der Waals surface area contributed by atoms with Crippen LogP contribution in [0.4, 0.5) is 0 Å². The average molecular weight is 725 g/mol. The minimum atomic E-state index is -0.151. The first-order valence-electron chi connectivity index (χ1n) is 18.4. The molecule has 11 rings (SSSR count). The number of rotatable bonds is 5. The van der Waals surface area contributed by atoms with Gasteiger partial charge < -0.3 is 4.42 Å². The summed E-state index contributed by atoms with van der Waals surface area (Å²) < 4.78 is 8.01. The number of hydrogen-bond acceptors (Lipinski definition) is 6. The molecule has 0 amide bonds. The fraction of sp³-hybridized carbons (Fsp3) is 0.0612. The van der Waals surface area contributed by atoms with Gasteiger partial charge in [0.2, 0.25) is 0 Å². The molecule has 0 N–H and O–H groups in total. The van der Waals surface area contributed by atoms with Crippen LogP contribution < -0.4 is 0 Å². The van der Waals surface area contributed by atoms with Gasteiger partial charge in [-0.15, -0.1) is 11.3 Å². The number of nitrogens with zero attached hydrogens (tertiary/aromatic N) is 4. The lowest BCUT2D eigenvalue weighted by Crippen LogP contribution is -2.15. The van der Waals surface area contributed by atoms with E-state index in [4.69, 9.17) is 19.4 Å². The standard InChI is InChI=1S/C49H32N4OS/c1-49(2)39-25-32(20-21-36(39)38-26-41-43(27-40(38)49)55-28-50-41)35-23-22-34(44-37-18-9-10-19-42(37)54-45(35)44)31-16-11-17-33(24-31)48-52-46(29-12-5-3-6-13-29)51-47(53-48)30-14-7-4-8-15-30/h3-28H,1-2H3. The van der Waals surface area contributed by atoms with E-state index in [-0.39, 0.29) is 5.41 Å². The smallest absolute Gasteiger partial charge is 0.164 e. The van der Waals surface area contributed by atoms with Crippen LogP contribution in [-0.2, 0) is 5.41 Å². The van der Waals surface area contributed by atoms with Gasteiger partial charge in [0.25, 0.3) is 0 Å². The van der Waals surface area contributed by atoms with Gasteiger partial charge in [-0.25, -0.2) is 19.9 Å². The van der Waals surface area contributed by atoms with Crippen molar-refractivity contribution in [3.63, 3.8) is 0 Å². The Hall–Kier alpha value is -6.76. The van der Waals surface area contributed by atoms with Crippen LogP contribution in [0.15, 0.2) is 162 Å². The zero-order chi connectivity index (χ0) is 36.7. The van der Waals surface area contributed by atoms with Crippen LogP contribution in [0.3, 0.4) is 0 Å². The normalized spacial score (nSPS) is 13.1. The number of para-hydroxylation sites is 1. The third kappa shape index (κ3) is 5.06. The van der Waals surface area contributed by atoms with Crippen molar-refractivity contribution >= 4 is 43.5 Å². The molecule has 0 radical (unpaired) electrons. The van der Waals surface area contributed by atoms with Crippen molar-refractivity contribution in [2.24, 2.45) is 0 Å². The van der Waals surface area contributed by atoms with E-state index in [9.17, 15) is 0 Å². The van der Waals surface area contributed by atoms with Gasteiger partial charge in [-0.1, -0.05) is 129 Å². The SMILES string of the molecule is CC1(C)c2cc(-c3ccc(-c4cccc(-c5nc(-c6ccccc6)nc(-c6ccccc6)n5)c4)c4c3oc3ccccc34)ccc2-c2cc3ncsc3cc21. The lowest BCUT2D eigenvalue weighted by molar-refractivity contribution is 0.661. The predicted octanol–water partition coefficient (Wildman–Crippen LogP) is 13.0. The minimum absolute atomic E-state index is 0.151. The lowest BCUT2D eigenvalue weighted by Gasteiger charge is -2.22. The molecule has 0 bridgehead atoms. The molecule has 0 saturated heterocycles. The number of thiazole rings is 1. The van der Waals surface area contributed by atoms with Gasteiger partial charge in [0.1, 0.15) is 11.2 Å². The monoisotopic (exact) mass is 724 g/mol. The fourth-order valence-electron chi connectivity index (χ4n) is 8.31. The molecule has 0 spiro atoms. The molecule has 260 valence electrons. The molecule has 1 aliphatic rings. The maximum atomic E-state index is 6.78. The summed E-state index contributed by atoms with van der Waals surface area (Å²) in [6.45, 7) is 4.67. The highest BCUT2D eigenvalue weighted by Gasteiger charge is 2.36. The Labute approximate surface area is 321 Å². The second-order valence-corrected chi connectivity index (χ2v) is 15.6. The van der Waals surface area contributed by atoms with Gasteiger partial charge in [0.15, 0.2) is 17.5 Å². The van der Waals surface area contributed by atoms with E-state index >= 15 is 0 Å². The molecule has 10 aromatic rings. The first kappa shape index (κ1) is 31.7. The Balaban J connectivity index is 1.06. The number of furan rings is 1. The number of hydrogen-bond donors (Lipinski definition) is 0. The van der Waals surface area contributed by atoms with Gasteiger partial charge in [-0.3, -0.25) is 0 Å². The van der Waals surface area contributed by atoms with Crippen LogP contribution in [0.5, 0.6) is 0 Å². The Kier molecular flexibility index (Phi) is 7.00. The molecule has 5 nitrogen and oxygen atoms in total. The van der Waals surface area contributed by atoms with Gasteiger partial charge in [-0.05, 0) is 75.3 Å². The van der Waals surface area contributed by atoms with Gasteiger partial charge in [0.05, 0.1) is 15.7 Å². The van der Waals surface area contributed by atoms with Crippen LogP contribution >= 0.6 is 11.3 Å². The molecule has 0 atom stereocenters. The van der Waals surface area contributed by atoms with E-state index in [1.54, 1.807) is 11.3 Å². The highest BCUT2D eigenvalue weighted by atomic mass is 32.1. The van der Waals surface area contributed by atoms with E-state index in [2.05, 4.69) is 104 Å². The third-order valence-electron chi connectivity index (χ3n) is 11.1. The quantitative estimate of drug-likeness (QED) is 0.177. The maximum absolute atomic E-state index is 6.78. The van der Waals surface area contributed by atoms with Gasteiger partial charge >= 0.3 is 0 Å². The highest BCUT2D eigenvalue weighted by molar-refractivity contribution is 7.16. The Bertz CT molecular complexity index is 3070. The third-order valence-corrected chi connectivity index (χ3v) is 11.9. The maximum Gasteiger partial charge on any atom is 0.164 e. The molecule has 7 aromatic carbocycles. The van der Waals surface area contributed by atoms with Crippen molar-refractivity contribution < 1.29 is 4.42 Å². The molecule has 1 aliphatic carbocycles. The van der Waals surface area contributed by atoms with Crippen LogP contribution in [0.2, 0.25) is 0 Å². The number of aromatic nitrogens is 4. The first-order valence-corrected chi connectivity index (χ1v) is 19.3. The summed E-state index contributed by atoms with van der Waals surface area (Å²) >= 11 is 1.70. The largest absolute Gasteiger partial charge is 0.455 e. The number of fused-ring (bicyclic) bond motifs is 7. The zero-order valence-electron chi connectivity index (χ0n) is 30.1. The molecule has 0 saturated carbocycles. The molecule has 0 aliphatic heterocycles. The summed E-state index contributed by atoms with van der Waals surface area (Å²) in [6, 6.07) is 53.0. The molecule has 6 heteroatoms. The topological polar surface area (TPSA) is 64.7 Å². The van der Waals surface area contributed by atoms with Crippen molar-refractivity contribution in [2.45, 2.75) is 19.3 Å². The molecule has 3 heterocycles. The van der Waals surface area contributed by atoms with Crippen molar-refractivity contribution in [3.8, 4) is 67.5 Å².